The van der Waals surface area contributed by atoms with Crippen molar-refractivity contribution in [2.75, 3.05) is 0 Å². The van der Waals surface area contributed by atoms with E-state index < -0.39 is 0 Å². The number of fused-ring (bicyclic) bond motifs is 1. The van der Waals surface area contributed by atoms with Crippen molar-refractivity contribution in [1.82, 2.24) is 4.98 Å². The number of nitrogens with zero attached hydrogens (tertiary/aromatic N) is 1. The lowest BCUT2D eigenvalue weighted by Gasteiger charge is -1.91. The number of hydrogen-bond acceptors (Lipinski definition) is 2. The SMILES string of the molecule is O=c1[nH]ccc2c1C=NC2. The van der Waals surface area contributed by atoms with E-state index in [0.29, 0.717) is 12.1 Å². The number of pyridine rings is 1. The van der Waals surface area contributed by atoms with Crippen LogP contribution in [-0.2, 0) is 6.54 Å². The zero-order chi connectivity index (χ0) is 6.97. The highest BCUT2D eigenvalue weighted by molar-refractivity contribution is 5.83. The van der Waals surface area contributed by atoms with E-state index in [1.165, 1.54) is 0 Å². The van der Waals surface area contributed by atoms with Crippen LogP contribution in [0.5, 0.6) is 0 Å². The van der Waals surface area contributed by atoms with Gasteiger partial charge in [-0.3, -0.25) is 9.79 Å². The number of rotatable bonds is 0. The number of H-pyrrole nitrogens is 1. The number of aromatic nitrogens is 1. The van der Waals surface area contributed by atoms with Gasteiger partial charge in [-0.2, -0.15) is 0 Å². The van der Waals surface area contributed by atoms with Gasteiger partial charge in [0.05, 0.1) is 12.1 Å². The topological polar surface area (TPSA) is 45.2 Å². The average molecular weight is 134 g/mol. The molecule has 0 bridgehead atoms. The predicted molar refractivity (Wildman–Crippen MR) is 38.4 cm³/mol. The Morgan fingerprint density at radius 2 is 2.50 bits per heavy atom. The highest BCUT2D eigenvalue weighted by Gasteiger charge is 2.07. The molecule has 50 valence electrons. The zero-order valence-electron chi connectivity index (χ0n) is 5.29. The van der Waals surface area contributed by atoms with E-state index in [1.807, 2.05) is 6.07 Å². The Kier molecular flexibility index (Phi) is 0.974. The summed E-state index contributed by atoms with van der Waals surface area (Å²) in [5, 5.41) is 0. The van der Waals surface area contributed by atoms with Gasteiger partial charge in [-0.25, -0.2) is 0 Å². The Hall–Kier alpha value is -1.38. The van der Waals surface area contributed by atoms with Gasteiger partial charge in [0.15, 0.2) is 0 Å². The Labute approximate surface area is 57.4 Å². The lowest BCUT2D eigenvalue weighted by atomic mass is 10.2. The van der Waals surface area contributed by atoms with E-state index in [9.17, 15) is 4.79 Å². The summed E-state index contributed by atoms with van der Waals surface area (Å²) in [6.45, 7) is 0.652. The van der Waals surface area contributed by atoms with E-state index in [2.05, 4.69) is 9.98 Å². The molecule has 0 unspecified atom stereocenters. The van der Waals surface area contributed by atoms with Crippen molar-refractivity contribution in [3.63, 3.8) is 0 Å². The van der Waals surface area contributed by atoms with Crippen LogP contribution in [0.2, 0.25) is 0 Å². The van der Waals surface area contributed by atoms with Crippen LogP contribution in [0.4, 0.5) is 0 Å². The first-order valence-electron chi connectivity index (χ1n) is 3.08. The number of aromatic amines is 1. The summed E-state index contributed by atoms with van der Waals surface area (Å²) in [7, 11) is 0. The molecule has 3 heteroatoms. The van der Waals surface area contributed by atoms with Gasteiger partial charge >= 0.3 is 0 Å². The first kappa shape index (κ1) is 5.41. The largest absolute Gasteiger partial charge is 0.329 e. The maximum absolute atomic E-state index is 11.0. The highest BCUT2D eigenvalue weighted by Crippen LogP contribution is 2.07. The van der Waals surface area contributed by atoms with E-state index in [1.54, 1.807) is 12.4 Å². The Bertz CT molecular complexity index is 338. The van der Waals surface area contributed by atoms with Crippen LogP contribution in [0, 0.1) is 0 Å². The van der Waals surface area contributed by atoms with Crippen LogP contribution in [0.25, 0.3) is 0 Å². The molecule has 2 rings (SSSR count). The third-order valence-electron chi connectivity index (χ3n) is 1.57. The molecule has 0 saturated carbocycles. The van der Waals surface area contributed by atoms with Crippen molar-refractivity contribution >= 4 is 6.21 Å². The summed E-state index contributed by atoms with van der Waals surface area (Å²) in [4.78, 5) is 17.5. The van der Waals surface area contributed by atoms with Gasteiger partial charge in [-0.05, 0) is 11.6 Å². The van der Waals surface area contributed by atoms with E-state index in [4.69, 9.17) is 0 Å². The minimum Gasteiger partial charge on any atom is -0.329 e. The summed E-state index contributed by atoms with van der Waals surface area (Å²) < 4.78 is 0. The molecule has 0 atom stereocenters. The van der Waals surface area contributed by atoms with Crippen molar-refractivity contribution in [2.45, 2.75) is 6.54 Å². The molecule has 1 aliphatic rings. The lowest BCUT2D eigenvalue weighted by molar-refractivity contribution is 1.09. The third-order valence-corrected chi connectivity index (χ3v) is 1.57. The maximum Gasteiger partial charge on any atom is 0.257 e. The van der Waals surface area contributed by atoms with E-state index in [-0.39, 0.29) is 5.56 Å². The molecule has 3 nitrogen and oxygen atoms in total. The molecule has 0 fully saturated rings. The molecule has 1 aromatic heterocycles. The molecule has 1 aromatic rings. The Morgan fingerprint density at radius 3 is 3.30 bits per heavy atom. The number of hydrogen-bond donors (Lipinski definition) is 1. The first-order chi connectivity index (χ1) is 4.88. The standard InChI is InChI=1S/C7H6N2O/c10-7-6-4-8-3-5(6)1-2-9-7/h1-2,4H,3H2,(H,9,10). The minimum absolute atomic E-state index is 0.0428. The summed E-state index contributed by atoms with van der Waals surface area (Å²) >= 11 is 0. The van der Waals surface area contributed by atoms with Gasteiger partial charge in [0.2, 0.25) is 0 Å². The number of nitrogens with one attached hydrogen (secondary N) is 1. The lowest BCUT2D eigenvalue weighted by Crippen LogP contribution is -2.10. The van der Waals surface area contributed by atoms with Crippen molar-refractivity contribution in [1.29, 1.82) is 0 Å². The highest BCUT2D eigenvalue weighted by atomic mass is 16.1. The fraction of sp³-hybridized carbons (Fsp3) is 0.143. The molecule has 0 amide bonds. The Morgan fingerprint density at radius 1 is 1.60 bits per heavy atom. The molecule has 10 heavy (non-hydrogen) atoms. The van der Waals surface area contributed by atoms with Crippen molar-refractivity contribution in [3.8, 4) is 0 Å². The zero-order valence-corrected chi connectivity index (χ0v) is 5.29. The van der Waals surface area contributed by atoms with Crippen LogP contribution in [0.1, 0.15) is 11.1 Å². The fourth-order valence-electron chi connectivity index (χ4n) is 1.05. The second kappa shape index (κ2) is 1.80. The number of aliphatic imine (C=N–C) groups is 1. The van der Waals surface area contributed by atoms with Crippen LogP contribution >= 0.6 is 0 Å². The summed E-state index contributed by atoms with van der Waals surface area (Å²) in [5.74, 6) is 0. The molecule has 0 aromatic carbocycles. The Balaban J connectivity index is 2.79. The second-order valence-electron chi connectivity index (χ2n) is 2.22. The van der Waals surface area contributed by atoms with Crippen molar-refractivity contribution in [3.05, 3.63) is 33.7 Å². The molecule has 0 aliphatic carbocycles. The van der Waals surface area contributed by atoms with Gasteiger partial charge in [0.25, 0.3) is 5.56 Å². The minimum atomic E-state index is -0.0428. The molecular formula is C7H6N2O. The van der Waals surface area contributed by atoms with E-state index >= 15 is 0 Å². The maximum atomic E-state index is 11.0. The predicted octanol–water partition coefficient (Wildman–Crippen LogP) is 0.307. The van der Waals surface area contributed by atoms with Crippen LogP contribution < -0.4 is 5.56 Å². The van der Waals surface area contributed by atoms with Gasteiger partial charge in [0, 0.05) is 12.4 Å². The molecule has 0 radical (unpaired) electrons. The van der Waals surface area contributed by atoms with E-state index in [0.717, 1.165) is 5.56 Å². The summed E-state index contributed by atoms with van der Waals surface area (Å²) in [6, 6.07) is 1.88. The van der Waals surface area contributed by atoms with Crippen LogP contribution in [0.15, 0.2) is 22.1 Å². The van der Waals surface area contributed by atoms with Gasteiger partial charge in [-0.1, -0.05) is 0 Å². The molecule has 1 N–H and O–H groups in total. The fourth-order valence-corrected chi connectivity index (χ4v) is 1.05. The smallest absolute Gasteiger partial charge is 0.257 e. The summed E-state index contributed by atoms with van der Waals surface area (Å²) in [5.41, 5.74) is 1.69. The normalized spacial score (nSPS) is 13.6. The van der Waals surface area contributed by atoms with Gasteiger partial charge in [0.1, 0.15) is 0 Å². The first-order valence-corrected chi connectivity index (χ1v) is 3.08. The van der Waals surface area contributed by atoms with Crippen LogP contribution in [0.3, 0.4) is 0 Å². The quantitative estimate of drug-likeness (QED) is 0.545. The van der Waals surface area contributed by atoms with Crippen molar-refractivity contribution < 1.29 is 0 Å². The average Bonchev–Trinajstić information content (AvgIpc) is 2.36. The molecular weight excluding hydrogens is 128 g/mol. The molecule has 0 saturated heterocycles. The van der Waals surface area contributed by atoms with Crippen LogP contribution in [-0.4, -0.2) is 11.2 Å². The van der Waals surface area contributed by atoms with Gasteiger partial charge < -0.3 is 4.98 Å². The van der Waals surface area contributed by atoms with Crippen molar-refractivity contribution in [2.24, 2.45) is 4.99 Å². The third kappa shape index (κ3) is 0.603. The monoisotopic (exact) mass is 134 g/mol. The molecule has 0 spiro atoms. The molecule has 1 aliphatic heterocycles. The molecule has 2 heterocycles. The second-order valence-corrected chi connectivity index (χ2v) is 2.22. The summed E-state index contributed by atoms with van der Waals surface area (Å²) in [6.07, 6.45) is 3.27. The van der Waals surface area contributed by atoms with Gasteiger partial charge in [-0.15, -0.1) is 0 Å².